The number of aromatic amines is 1. The summed E-state index contributed by atoms with van der Waals surface area (Å²) in [6.45, 7) is 10.5. The molecule has 146 valence electrons. The van der Waals surface area contributed by atoms with E-state index in [1.54, 1.807) is 32.6 Å². The van der Waals surface area contributed by atoms with E-state index < -0.39 is 12.0 Å². The molecule has 0 aliphatic carbocycles. The van der Waals surface area contributed by atoms with Crippen LogP contribution in [0.5, 0.6) is 0 Å². The number of esters is 1. The molecule has 1 rings (SSSR count). The summed E-state index contributed by atoms with van der Waals surface area (Å²) >= 11 is 0. The number of hydrogen-bond donors (Lipinski definition) is 1. The molecule has 0 aliphatic rings. The third-order valence-corrected chi connectivity index (χ3v) is 4.43. The Kier molecular flexibility index (Phi) is 8.51. The molecule has 1 atom stereocenters. The van der Waals surface area contributed by atoms with Crippen molar-refractivity contribution in [2.75, 3.05) is 26.9 Å². The van der Waals surface area contributed by atoms with Crippen LogP contribution in [0, 0.1) is 13.8 Å². The molecule has 1 aromatic heterocycles. The number of hydrogen-bond acceptors (Lipinski definition) is 5. The zero-order valence-electron chi connectivity index (χ0n) is 16.6. The van der Waals surface area contributed by atoms with Crippen molar-refractivity contribution in [1.29, 1.82) is 0 Å². The molecule has 0 radical (unpaired) electrons. The predicted octanol–water partition coefficient (Wildman–Crippen LogP) is 2.65. The molecule has 7 heteroatoms. The highest BCUT2D eigenvalue weighted by Gasteiger charge is 2.30. The van der Waals surface area contributed by atoms with Crippen LogP contribution in [-0.2, 0) is 14.3 Å². The molecule has 1 amide bonds. The lowest BCUT2D eigenvalue weighted by atomic mass is 9.99. The second-order valence-corrected chi connectivity index (χ2v) is 6.15. The minimum Gasteiger partial charge on any atom is -0.464 e. The van der Waals surface area contributed by atoms with E-state index in [4.69, 9.17) is 9.47 Å². The highest BCUT2D eigenvalue weighted by atomic mass is 16.5. The molecule has 0 spiro atoms. The Morgan fingerprint density at radius 3 is 2.38 bits per heavy atom. The summed E-state index contributed by atoms with van der Waals surface area (Å²) < 4.78 is 10.1. The molecule has 1 N–H and O–H groups in total. The number of amides is 1. The lowest BCUT2D eigenvalue weighted by molar-refractivity contribution is -0.132. The van der Waals surface area contributed by atoms with Crippen LogP contribution in [0.1, 0.15) is 65.7 Å². The summed E-state index contributed by atoms with van der Waals surface area (Å²) in [5, 5.41) is 0. The Balaban J connectivity index is 3.06. The van der Waals surface area contributed by atoms with Crippen LogP contribution >= 0.6 is 0 Å². The van der Waals surface area contributed by atoms with E-state index in [1.807, 2.05) is 6.92 Å². The fourth-order valence-corrected chi connectivity index (χ4v) is 2.99. The fraction of sp³-hybridized carbons (Fsp3) is 0.632. The summed E-state index contributed by atoms with van der Waals surface area (Å²) in [5.41, 5.74) is 1.85. The summed E-state index contributed by atoms with van der Waals surface area (Å²) in [5.74, 6) is -0.790. The number of Topliss-reactive ketones (excluding diaryl/α,β-unsaturated/α-hetero) is 1. The minimum atomic E-state index is -0.622. The van der Waals surface area contributed by atoms with Crippen LogP contribution in [0.15, 0.2) is 0 Å². The zero-order valence-corrected chi connectivity index (χ0v) is 16.6. The number of nitrogens with zero attached hydrogens (tertiary/aromatic N) is 1. The number of nitrogens with one attached hydrogen (secondary N) is 1. The Hall–Kier alpha value is -2.15. The van der Waals surface area contributed by atoms with Gasteiger partial charge in [0.1, 0.15) is 5.69 Å². The smallest absolute Gasteiger partial charge is 0.354 e. The number of H-pyrrole nitrogens is 1. The van der Waals surface area contributed by atoms with Crippen LogP contribution in [0.3, 0.4) is 0 Å². The number of aryl methyl sites for hydroxylation is 1. The minimum absolute atomic E-state index is 0.0821. The summed E-state index contributed by atoms with van der Waals surface area (Å²) in [6, 6.07) is -0.622. The van der Waals surface area contributed by atoms with Crippen molar-refractivity contribution in [3.05, 3.63) is 22.5 Å². The molecule has 0 aromatic carbocycles. The van der Waals surface area contributed by atoms with Crippen LogP contribution < -0.4 is 0 Å². The van der Waals surface area contributed by atoms with Gasteiger partial charge in [0.2, 0.25) is 5.91 Å². The van der Waals surface area contributed by atoms with Crippen LogP contribution in [0.4, 0.5) is 0 Å². The topological polar surface area (TPSA) is 88.7 Å². The second-order valence-electron chi connectivity index (χ2n) is 6.15. The average molecular weight is 366 g/mol. The quantitative estimate of drug-likeness (QED) is 0.391. The third-order valence-electron chi connectivity index (χ3n) is 4.43. The first-order valence-corrected chi connectivity index (χ1v) is 8.98. The van der Waals surface area contributed by atoms with E-state index in [0.29, 0.717) is 49.4 Å². The van der Waals surface area contributed by atoms with Crippen LogP contribution in [-0.4, -0.2) is 60.5 Å². The highest BCUT2D eigenvalue weighted by molar-refractivity contribution is 6.06. The van der Waals surface area contributed by atoms with E-state index in [1.165, 1.54) is 7.11 Å². The molecule has 1 heterocycles. The average Bonchev–Trinajstić information content (AvgIpc) is 2.93. The molecule has 0 aliphatic heterocycles. The maximum absolute atomic E-state index is 13.1. The van der Waals surface area contributed by atoms with E-state index in [0.717, 1.165) is 0 Å². The normalized spacial score (nSPS) is 11.9. The largest absolute Gasteiger partial charge is 0.464 e. The van der Waals surface area contributed by atoms with E-state index in [-0.39, 0.29) is 17.4 Å². The van der Waals surface area contributed by atoms with Crippen LogP contribution in [0.2, 0.25) is 0 Å². The predicted molar refractivity (Wildman–Crippen MR) is 98.5 cm³/mol. The van der Waals surface area contributed by atoms with Crippen LogP contribution in [0.25, 0.3) is 0 Å². The number of carbonyl (C=O) groups excluding carboxylic acids is 3. The molecule has 26 heavy (non-hydrogen) atoms. The second kappa shape index (κ2) is 10.1. The number of aromatic nitrogens is 1. The molecule has 0 unspecified atom stereocenters. The van der Waals surface area contributed by atoms with Gasteiger partial charge in [0.05, 0.1) is 13.2 Å². The number of carbonyl (C=O) groups is 3. The van der Waals surface area contributed by atoms with Gasteiger partial charge in [0.25, 0.3) is 0 Å². The van der Waals surface area contributed by atoms with Gasteiger partial charge in [0.15, 0.2) is 5.78 Å². The fourth-order valence-electron chi connectivity index (χ4n) is 2.99. The highest BCUT2D eigenvalue weighted by Crippen LogP contribution is 2.22. The van der Waals surface area contributed by atoms with Crippen molar-refractivity contribution in [2.24, 2.45) is 0 Å². The lowest BCUT2D eigenvalue weighted by Gasteiger charge is -2.28. The number of ether oxygens (including phenoxy) is 2. The Morgan fingerprint density at radius 2 is 1.85 bits per heavy atom. The number of methoxy groups -OCH3 is 1. The Bertz CT molecular complexity index is 651. The third kappa shape index (κ3) is 4.94. The lowest BCUT2D eigenvalue weighted by Crippen LogP contribution is -2.44. The number of rotatable bonds is 10. The molecule has 0 saturated carbocycles. The molecule has 0 fully saturated rings. The van der Waals surface area contributed by atoms with Gasteiger partial charge < -0.3 is 19.4 Å². The zero-order chi connectivity index (χ0) is 19.9. The standard InChI is InChI=1S/C19H30N2O5/c1-7-15(22)21(10-9-11-26-8-2)14(5)18(23)16-12(3)17(19(24)25-6)20-13(16)4/h14,20H,7-11H2,1-6H3/t14-/m0/s1. The van der Waals surface area contributed by atoms with Gasteiger partial charge in [-0.15, -0.1) is 0 Å². The van der Waals surface area contributed by atoms with Crippen molar-refractivity contribution in [2.45, 2.75) is 53.5 Å². The van der Waals surface area contributed by atoms with Gasteiger partial charge in [-0.1, -0.05) is 6.92 Å². The van der Waals surface area contributed by atoms with Crippen molar-refractivity contribution in [3.8, 4) is 0 Å². The molecule has 0 bridgehead atoms. The first-order valence-electron chi connectivity index (χ1n) is 8.98. The summed E-state index contributed by atoms with van der Waals surface area (Å²) in [7, 11) is 1.29. The van der Waals surface area contributed by atoms with Gasteiger partial charge >= 0.3 is 5.97 Å². The molecular weight excluding hydrogens is 336 g/mol. The van der Waals surface area contributed by atoms with Crippen molar-refractivity contribution < 1.29 is 23.9 Å². The first kappa shape index (κ1) is 21.9. The van der Waals surface area contributed by atoms with Crippen molar-refractivity contribution in [3.63, 3.8) is 0 Å². The first-order chi connectivity index (χ1) is 12.3. The maximum atomic E-state index is 13.1. The van der Waals surface area contributed by atoms with E-state index >= 15 is 0 Å². The maximum Gasteiger partial charge on any atom is 0.354 e. The molecule has 1 aromatic rings. The van der Waals surface area contributed by atoms with E-state index in [2.05, 4.69) is 4.98 Å². The number of ketones is 1. The van der Waals surface area contributed by atoms with Gasteiger partial charge in [-0.05, 0) is 39.7 Å². The van der Waals surface area contributed by atoms with Crippen molar-refractivity contribution in [1.82, 2.24) is 9.88 Å². The molecule has 7 nitrogen and oxygen atoms in total. The molecular formula is C19H30N2O5. The van der Waals surface area contributed by atoms with Gasteiger partial charge in [-0.3, -0.25) is 9.59 Å². The van der Waals surface area contributed by atoms with Gasteiger partial charge in [-0.2, -0.15) is 0 Å². The Morgan fingerprint density at radius 1 is 1.19 bits per heavy atom. The summed E-state index contributed by atoms with van der Waals surface area (Å²) in [4.78, 5) is 41.7. The SMILES string of the molecule is CCOCCCN(C(=O)CC)[C@@H](C)C(=O)c1c(C)[nH]c(C(=O)OC)c1C. The van der Waals surface area contributed by atoms with E-state index in [9.17, 15) is 14.4 Å². The van der Waals surface area contributed by atoms with Crippen molar-refractivity contribution >= 4 is 17.7 Å². The monoisotopic (exact) mass is 366 g/mol. The Labute approximate surface area is 155 Å². The van der Waals surface area contributed by atoms with Gasteiger partial charge in [0, 0.05) is 37.4 Å². The summed E-state index contributed by atoms with van der Waals surface area (Å²) in [6.07, 6.45) is 0.987. The molecule has 0 saturated heterocycles. The van der Waals surface area contributed by atoms with Gasteiger partial charge in [-0.25, -0.2) is 4.79 Å².